The summed E-state index contributed by atoms with van der Waals surface area (Å²) in [4.78, 5) is 31.1. The van der Waals surface area contributed by atoms with Gasteiger partial charge in [-0.3, -0.25) is 9.59 Å². The number of carbonyl (C=O) groups is 1. The van der Waals surface area contributed by atoms with Gasteiger partial charge in [0.1, 0.15) is 5.76 Å². The van der Waals surface area contributed by atoms with E-state index in [-0.39, 0.29) is 11.6 Å². The number of aromatic amines is 1. The monoisotopic (exact) mass is 533 g/mol. The first kappa shape index (κ1) is 28.6. The highest BCUT2D eigenvalue weighted by molar-refractivity contribution is 5.99. The first-order valence-electron chi connectivity index (χ1n) is 13.9. The van der Waals surface area contributed by atoms with Gasteiger partial charge in [0.15, 0.2) is 0 Å². The van der Waals surface area contributed by atoms with Gasteiger partial charge in [-0.15, -0.1) is 0 Å². The molecule has 1 atom stereocenters. The van der Waals surface area contributed by atoms with E-state index >= 15 is 0 Å². The van der Waals surface area contributed by atoms with Crippen molar-refractivity contribution in [3.8, 4) is 11.1 Å². The number of nitrogens with one attached hydrogen (secondary N) is 2. The topological polar surface area (TPSA) is 117 Å². The molecule has 1 saturated carbocycles. The third kappa shape index (κ3) is 5.81. The van der Waals surface area contributed by atoms with Crippen molar-refractivity contribution in [3.63, 3.8) is 0 Å². The number of rotatable bonds is 8. The van der Waals surface area contributed by atoms with Crippen LogP contribution in [0.25, 0.3) is 11.1 Å². The summed E-state index contributed by atoms with van der Waals surface area (Å²) in [6.45, 7) is 11.8. The highest BCUT2D eigenvalue weighted by atomic mass is 16.5. The summed E-state index contributed by atoms with van der Waals surface area (Å²) in [7, 11) is 4.31. The zero-order valence-electron chi connectivity index (χ0n) is 24.6. The lowest BCUT2D eigenvalue weighted by Gasteiger charge is -2.36. The minimum atomic E-state index is -0.487. The molecule has 0 bridgehead atoms. The number of primary amides is 1. The molecule has 0 saturated heterocycles. The van der Waals surface area contributed by atoms with Gasteiger partial charge in [-0.05, 0) is 122 Å². The number of pyridine rings is 1. The second-order valence-electron chi connectivity index (χ2n) is 11.6. The van der Waals surface area contributed by atoms with Crippen LogP contribution in [-0.4, -0.2) is 47.1 Å². The van der Waals surface area contributed by atoms with Crippen LogP contribution < -0.4 is 16.6 Å². The quantitative estimate of drug-likeness (QED) is 0.367. The van der Waals surface area contributed by atoms with Crippen LogP contribution in [0.4, 0.5) is 5.69 Å². The van der Waals surface area contributed by atoms with E-state index in [1.165, 1.54) is 12.8 Å². The van der Waals surface area contributed by atoms with E-state index in [1.54, 1.807) is 0 Å². The summed E-state index contributed by atoms with van der Waals surface area (Å²) in [6, 6.07) is 4.63. The van der Waals surface area contributed by atoms with Gasteiger partial charge in [0.2, 0.25) is 5.91 Å². The minimum Gasteiger partial charge on any atom is -0.382 e. The van der Waals surface area contributed by atoms with Crippen molar-refractivity contribution in [3.05, 3.63) is 67.5 Å². The van der Waals surface area contributed by atoms with E-state index in [0.29, 0.717) is 35.3 Å². The fourth-order valence-electron chi connectivity index (χ4n) is 6.30. The first-order valence-corrected chi connectivity index (χ1v) is 13.9. The fraction of sp³-hybridized carbons (Fsp3) is 0.516. The molecule has 210 valence electrons. The van der Waals surface area contributed by atoms with E-state index in [4.69, 9.17) is 10.3 Å². The van der Waals surface area contributed by atoms with Crippen molar-refractivity contribution in [2.24, 2.45) is 11.7 Å². The zero-order chi connectivity index (χ0) is 28.6. The molecule has 1 aliphatic rings. The predicted molar refractivity (Wildman–Crippen MR) is 157 cm³/mol. The molecule has 1 aromatic carbocycles. The van der Waals surface area contributed by atoms with Gasteiger partial charge in [-0.25, -0.2) is 0 Å². The number of hydrogen-bond acceptors (Lipinski definition) is 6. The van der Waals surface area contributed by atoms with Gasteiger partial charge in [0.05, 0.1) is 5.69 Å². The number of carbonyl (C=O) groups excluding carboxylic acids is 1. The summed E-state index contributed by atoms with van der Waals surface area (Å²) < 4.78 is 5.54. The van der Waals surface area contributed by atoms with E-state index in [2.05, 4.69) is 41.4 Å². The maximum Gasteiger partial charge on any atom is 0.251 e. The molecule has 1 unspecified atom stereocenters. The average molecular weight is 534 g/mol. The number of benzene rings is 1. The molecule has 4 N–H and O–H groups in total. The first-order chi connectivity index (χ1) is 18.4. The van der Waals surface area contributed by atoms with Crippen molar-refractivity contribution in [1.29, 1.82) is 0 Å². The third-order valence-electron chi connectivity index (χ3n) is 8.66. The van der Waals surface area contributed by atoms with Gasteiger partial charge in [-0.1, -0.05) is 5.16 Å². The standard InChI is InChI=1S/C31H43N5O3/c1-16-13-17(2)33-31(38)24(16)14-27-26(28-20(5)35-39-21(28)6)15-25(30(32)37)18(3)29(27)34-19(4)22-9-11-23(12-10-22)36(7)8/h13,15,19,22-23,34H,9-12,14H2,1-8H3,(H2,32,37)(H,33,38). The number of amides is 1. The maximum absolute atomic E-state index is 13.1. The lowest BCUT2D eigenvalue weighted by atomic mass is 9.81. The minimum absolute atomic E-state index is 0.102. The van der Waals surface area contributed by atoms with Gasteiger partial charge < -0.3 is 25.5 Å². The summed E-state index contributed by atoms with van der Waals surface area (Å²) in [5.41, 5.74) is 13.7. The Kier molecular flexibility index (Phi) is 8.35. The Morgan fingerprint density at radius 1 is 1.13 bits per heavy atom. The number of aryl methyl sites for hydroxylation is 4. The largest absolute Gasteiger partial charge is 0.382 e. The fourth-order valence-corrected chi connectivity index (χ4v) is 6.30. The van der Waals surface area contributed by atoms with E-state index in [0.717, 1.165) is 57.7 Å². The summed E-state index contributed by atoms with van der Waals surface area (Å²) in [6.07, 6.45) is 4.99. The molecule has 1 aliphatic carbocycles. The number of nitrogens with two attached hydrogens (primary N) is 1. The Bertz CT molecular complexity index is 1410. The van der Waals surface area contributed by atoms with Gasteiger partial charge >= 0.3 is 0 Å². The maximum atomic E-state index is 13.1. The van der Waals surface area contributed by atoms with Crippen LogP contribution in [0.1, 0.15) is 82.4 Å². The Labute approximate surface area is 231 Å². The van der Waals surface area contributed by atoms with Crippen LogP contribution >= 0.6 is 0 Å². The second kappa shape index (κ2) is 11.4. The Balaban J connectivity index is 1.88. The molecule has 2 heterocycles. The molecule has 8 heteroatoms. The zero-order valence-corrected chi connectivity index (χ0v) is 24.6. The molecule has 3 aromatic rings. The Morgan fingerprint density at radius 3 is 2.33 bits per heavy atom. The molecule has 0 radical (unpaired) electrons. The normalized spacial score (nSPS) is 18.4. The van der Waals surface area contributed by atoms with Crippen LogP contribution in [0, 0.1) is 40.5 Å². The molecular formula is C31H43N5O3. The van der Waals surface area contributed by atoms with Crippen LogP contribution in [0.5, 0.6) is 0 Å². The van der Waals surface area contributed by atoms with E-state index < -0.39 is 5.91 Å². The highest BCUT2D eigenvalue weighted by Gasteiger charge is 2.29. The molecule has 1 amide bonds. The lowest BCUT2D eigenvalue weighted by molar-refractivity contribution is 0.0999. The molecular weight excluding hydrogens is 490 g/mol. The molecule has 39 heavy (non-hydrogen) atoms. The van der Waals surface area contributed by atoms with E-state index in [1.807, 2.05) is 46.8 Å². The van der Waals surface area contributed by atoms with Crippen LogP contribution in [0.3, 0.4) is 0 Å². The van der Waals surface area contributed by atoms with Gasteiger partial charge in [0, 0.05) is 46.6 Å². The molecule has 4 rings (SSSR count). The lowest BCUT2D eigenvalue weighted by Crippen LogP contribution is -2.37. The Morgan fingerprint density at radius 2 is 1.79 bits per heavy atom. The molecule has 2 aromatic heterocycles. The molecule has 1 fully saturated rings. The predicted octanol–water partition coefficient (Wildman–Crippen LogP) is 5.18. The number of anilines is 1. The van der Waals surface area contributed by atoms with Gasteiger partial charge in [0.25, 0.3) is 5.56 Å². The number of aromatic nitrogens is 2. The number of H-pyrrole nitrogens is 1. The van der Waals surface area contributed by atoms with Gasteiger partial charge in [-0.2, -0.15) is 0 Å². The second-order valence-corrected chi connectivity index (χ2v) is 11.6. The van der Waals surface area contributed by atoms with Crippen molar-refractivity contribution >= 4 is 11.6 Å². The summed E-state index contributed by atoms with van der Waals surface area (Å²) >= 11 is 0. The van der Waals surface area contributed by atoms with Crippen molar-refractivity contribution in [2.45, 2.75) is 85.7 Å². The SMILES string of the molecule is Cc1cc(C)c(Cc2c(-c3c(C)noc3C)cc(C(N)=O)c(C)c2NC(C)C2CCC(N(C)C)CC2)c(=O)[nH]1. The smallest absolute Gasteiger partial charge is 0.251 e. The third-order valence-corrected chi connectivity index (χ3v) is 8.66. The van der Waals surface area contributed by atoms with Crippen molar-refractivity contribution in [1.82, 2.24) is 15.0 Å². The molecule has 8 nitrogen and oxygen atoms in total. The van der Waals surface area contributed by atoms with Crippen LogP contribution in [0.2, 0.25) is 0 Å². The highest BCUT2D eigenvalue weighted by Crippen LogP contribution is 2.40. The van der Waals surface area contributed by atoms with Crippen molar-refractivity contribution < 1.29 is 9.32 Å². The Hall–Kier alpha value is -3.39. The summed E-state index contributed by atoms with van der Waals surface area (Å²) in [5, 5.41) is 8.00. The van der Waals surface area contributed by atoms with Crippen LogP contribution in [-0.2, 0) is 6.42 Å². The van der Waals surface area contributed by atoms with E-state index in [9.17, 15) is 9.59 Å². The van der Waals surface area contributed by atoms with Crippen LogP contribution in [0.15, 0.2) is 21.5 Å². The number of nitrogens with zero attached hydrogens (tertiary/aromatic N) is 2. The molecule has 0 aliphatic heterocycles. The molecule has 0 spiro atoms. The number of hydrogen-bond donors (Lipinski definition) is 3. The summed E-state index contributed by atoms with van der Waals surface area (Å²) in [5.74, 6) is 0.667. The average Bonchev–Trinajstić information content (AvgIpc) is 3.20. The van der Waals surface area contributed by atoms with Crippen molar-refractivity contribution in [2.75, 3.05) is 19.4 Å².